The van der Waals surface area contributed by atoms with E-state index in [4.69, 9.17) is 11.6 Å². The summed E-state index contributed by atoms with van der Waals surface area (Å²) in [5.74, 6) is -0.184. The van der Waals surface area contributed by atoms with Gasteiger partial charge < -0.3 is 10.6 Å². The Labute approximate surface area is 129 Å². The highest BCUT2D eigenvalue weighted by molar-refractivity contribution is 6.30. The molecule has 0 fully saturated rings. The summed E-state index contributed by atoms with van der Waals surface area (Å²) in [6.45, 7) is 5.82. The molecule has 4 nitrogen and oxygen atoms in total. The van der Waals surface area contributed by atoms with Crippen molar-refractivity contribution < 1.29 is 4.79 Å². The van der Waals surface area contributed by atoms with Crippen LogP contribution in [0.25, 0.3) is 0 Å². The Kier molecular flexibility index (Phi) is 4.81. The average Bonchev–Trinajstić information content (AvgIpc) is 2.42. The van der Waals surface area contributed by atoms with Crippen LogP contribution >= 0.6 is 11.6 Å². The van der Waals surface area contributed by atoms with Crippen molar-refractivity contribution in [1.29, 1.82) is 0 Å². The molecule has 1 heterocycles. The molecule has 0 saturated heterocycles. The number of carbonyl (C=O) groups is 1. The van der Waals surface area contributed by atoms with E-state index in [1.54, 1.807) is 12.3 Å². The maximum Gasteiger partial charge on any atom is 0.270 e. The van der Waals surface area contributed by atoms with Crippen LogP contribution in [0.4, 0.5) is 11.4 Å². The zero-order chi connectivity index (χ0) is 15.4. The molecule has 2 aromatic rings. The Morgan fingerprint density at radius 1 is 1.24 bits per heavy atom. The minimum atomic E-state index is -0.184. The molecule has 0 aliphatic heterocycles. The third-order valence-electron chi connectivity index (χ3n) is 2.89. The summed E-state index contributed by atoms with van der Waals surface area (Å²) in [5, 5.41) is 6.74. The Bertz CT molecular complexity index is 656. The minimum Gasteiger partial charge on any atom is -0.355 e. The van der Waals surface area contributed by atoms with Crippen molar-refractivity contribution in [3.05, 3.63) is 52.8 Å². The molecule has 0 saturated carbocycles. The summed E-state index contributed by atoms with van der Waals surface area (Å²) >= 11 is 6.01. The molecule has 1 amide bonds. The van der Waals surface area contributed by atoms with E-state index in [-0.39, 0.29) is 11.9 Å². The number of hydrogen-bond acceptors (Lipinski definition) is 3. The molecule has 0 unspecified atom stereocenters. The molecule has 2 rings (SSSR count). The lowest BCUT2D eigenvalue weighted by Gasteiger charge is -2.12. The van der Waals surface area contributed by atoms with Gasteiger partial charge in [-0.25, -0.2) is 0 Å². The summed E-state index contributed by atoms with van der Waals surface area (Å²) in [6.07, 6.45) is 1.61. The lowest BCUT2D eigenvalue weighted by molar-refractivity contribution is 0.0938. The number of aryl methyl sites for hydroxylation is 1. The van der Waals surface area contributed by atoms with Gasteiger partial charge in [0.15, 0.2) is 0 Å². The Morgan fingerprint density at radius 3 is 2.71 bits per heavy atom. The fourth-order valence-electron chi connectivity index (χ4n) is 1.85. The van der Waals surface area contributed by atoms with Crippen LogP contribution in [0.5, 0.6) is 0 Å². The Balaban J connectivity index is 2.21. The monoisotopic (exact) mass is 303 g/mol. The molecule has 0 radical (unpaired) electrons. The molecule has 0 atom stereocenters. The number of halogens is 1. The van der Waals surface area contributed by atoms with Crippen molar-refractivity contribution in [2.45, 2.75) is 26.8 Å². The Hall–Kier alpha value is -2.07. The SMILES string of the molecule is Cc1ccc(Cl)cc1Nc1ccnc(C(=O)NC(C)C)c1. The number of benzene rings is 1. The van der Waals surface area contributed by atoms with Crippen LogP contribution in [0, 0.1) is 6.92 Å². The fourth-order valence-corrected chi connectivity index (χ4v) is 2.03. The molecule has 21 heavy (non-hydrogen) atoms. The van der Waals surface area contributed by atoms with Crippen molar-refractivity contribution >= 4 is 28.9 Å². The zero-order valence-electron chi connectivity index (χ0n) is 12.3. The van der Waals surface area contributed by atoms with Crippen molar-refractivity contribution in [3.8, 4) is 0 Å². The predicted octanol–water partition coefficient (Wildman–Crippen LogP) is 3.93. The lowest BCUT2D eigenvalue weighted by Crippen LogP contribution is -2.30. The second kappa shape index (κ2) is 6.59. The van der Waals surface area contributed by atoms with E-state index in [9.17, 15) is 4.79 Å². The number of amides is 1. The molecule has 1 aromatic heterocycles. The van der Waals surface area contributed by atoms with E-state index in [2.05, 4.69) is 15.6 Å². The highest BCUT2D eigenvalue weighted by atomic mass is 35.5. The normalized spacial score (nSPS) is 10.5. The number of carbonyl (C=O) groups excluding carboxylic acids is 1. The average molecular weight is 304 g/mol. The summed E-state index contributed by atoms with van der Waals surface area (Å²) in [4.78, 5) is 16.1. The number of rotatable bonds is 4. The standard InChI is InChI=1S/C16H18ClN3O/c1-10(2)19-16(21)15-9-13(6-7-18-15)20-14-8-12(17)5-4-11(14)3/h4-10H,1-3H3,(H,18,20)(H,19,21). The van der Waals surface area contributed by atoms with E-state index >= 15 is 0 Å². The first-order valence-electron chi connectivity index (χ1n) is 6.76. The smallest absolute Gasteiger partial charge is 0.270 e. The number of aromatic nitrogens is 1. The van der Waals surface area contributed by atoms with Crippen LogP contribution < -0.4 is 10.6 Å². The van der Waals surface area contributed by atoms with Crippen molar-refractivity contribution in [2.75, 3.05) is 5.32 Å². The molecule has 0 aliphatic rings. The topological polar surface area (TPSA) is 54.0 Å². The largest absolute Gasteiger partial charge is 0.355 e. The third kappa shape index (κ3) is 4.20. The van der Waals surface area contributed by atoms with E-state index in [1.807, 2.05) is 45.0 Å². The summed E-state index contributed by atoms with van der Waals surface area (Å²) < 4.78 is 0. The maximum atomic E-state index is 12.0. The molecular weight excluding hydrogens is 286 g/mol. The molecule has 0 aliphatic carbocycles. The van der Waals surface area contributed by atoms with Gasteiger partial charge in [0.25, 0.3) is 5.91 Å². The van der Waals surface area contributed by atoms with Gasteiger partial charge in [-0.3, -0.25) is 9.78 Å². The first-order chi connectivity index (χ1) is 9.95. The number of anilines is 2. The van der Waals surface area contributed by atoms with Gasteiger partial charge in [-0.1, -0.05) is 17.7 Å². The van der Waals surface area contributed by atoms with E-state index in [0.717, 1.165) is 16.9 Å². The molecule has 0 spiro atoms. The van der Waals surface area contributed by atoms with Crippen molar-refractivity contribution in [3.63, 3.8) is 0 Å². The lowest BCUT2D eigenvalue weighted by atomic mass is 10.2. The van der Waals surface area contributed by atoms with Gasteiger partial charge in [-0.15, -0.1) is 0 Å². The van der Waals surface area contributed by atoms with Crippen LogP contribution in [0.2, 0.25) is 5.02 Å². The fraction of sp³-hybridized carbons (Fsp3) is 0.250. The van der Waals surface area contributed by atoms with Gasteiger partial charge in [0.2, 0.25) is 0 Å². The molecule has 110 valence electrons. The van der Waals surface area contributed by atoms with Crippen molar-refractivity contribution in [2.24, 2.45) is 0 Å². The van der Waals surface area contributed by atoms with Gasteiger partial charge in [0.1, 0.15) is 5.69 Å². The zero-order valence-corrected chi connectivity index (χ0v) is 13.0. The first-order valence-corrected chi connectivity index (χ1v) is 7.13. The van der Waals surface area contributed by atoms with Gasteiger partial charge >= 0.3 is 0 Å². The highest BCUT2D eigenvalue weighted by Crippen LogP contribution is 2.24. The first kappa shape index (κ1) is 15.3. The molecule has 1 aromatic carbocycles. The van der Waals surface area contributed by atoms with Crippen LogP contribution in [0.15, 0.2) is 36.5 Å². The van der Waals surface area contributed by atoms with Crippen LogP contribution in [-0.2, 0) is 0 Å². The van der Waals surface area contributed by atoms with Crippen LogP contribution in [0.3, 0.4) is 0 Å². The van der Waals surface area contributed by atoms with Crippen molar-refractivity contribution in [1.82, 2.24) is 10.3 Å². The van der Waals surface area contributed by atoms with Gasteiger partial charge in [-0.05, 0) is 50.6 Å². The number of nitrogens with zero attached hydrogens (tertiary/aromatic N) is 1. The number of pyridine rings is 1. The summed E-state index contributed by atoms with van der Waals surface area (Å²) in [6, 6.07) is 9.25. The Morgan fingerprint density at radius 2 is 2.00 bits per heavy atom. The van der Waals surface area contributed by atoms with Gasteiger partial charge in [0, 0.05) is 28.6 Å². The van der Waals surface area contributed by atoms with Crippen LogP contribution in [-0.4, -0.2) is 16.9 Å². The second-order valence-electron chi connectivity index (χ2n) is 5.14. The summed E-state index contributed by atoms with van der Waals surface area (Å²) in [5.41, 5.74) is 3.16. The third-order valence-corrected chi connectivity index (χ3v) is 3.13. The van der Waals surface area contributed by atoms with Crippen LogP contribution in [0.1, 0.15) is 29.9 Å². The molecule has 5 heteroatoms. The number of nitrogens with one attached hydrogen (secondary N) is 2. The van der Waals surface area contributed by atoms with E-state index in [0.29, 0.717) is 10.7 Å². The highest BCUT2D eigenvalue weighted by Gasteiger charge is 2.09. The molecule has 0 bridgehead atoms. The molecule has 2 N–H and O–H groups in total. The van der Waals surface area contributed by atoms with Gasteiger partial charge in [-0.2, -0.15) is 0 Å². The number of hydrogen-bond donors (Lipinski definition) is 2. The second-order valence-corrected chi connectivity index (χ2v) is 5.58. The predicted molar refractivity (Wildman–Crippen MR) is 86.3 cm³/mol. The quantitative estimate of drug-likeness (QED) is 0.900. The van der Waals surface area contributed by atoms with E-state index < -0.39 is 0 Å². The van der Waals surface area contributed by atoms with E-state index in [1.165, 1.54) is 0 Å². The van der Waals surface area contributed by atoms with Gasteiger partial charge in [0.05, 0.1) is 0 Å². The maximum absolute atomic E-state index is 12.0. The molecular formula is C16H18ClN3O. The summed E-state index contributed by atoms with van der Waals surface area (Å²) in [7, 11) is 0. The minimum absolute atomic E-state index is 0.0751.